The first kappa shape index (κ1) is 17.4. The maximum atomic E-state index is 13.6. The maximum absolute atomic E-state index is 13.6. The minimum absolute atomic E-state index is 0.0472. The Morgan fingerprint density at radius 1 is 1.25 bits per heavy atom. The van der Waals surface area contributed by atoms with E-state index >= 15 is 0 Å². The van der Waals surface area contributed by atoms with Gasteiger partial charge in [0, 0.05) is 44.4 Å². The molecule has 2 aliphatic heterocycles. The third-order valence-corrected chi connectivity index (χ3v) is 6.40. The quantitative estimate of drug-likeness (QED) is 0.790. The van der Waals surface area contributed by atoms with Crippen LogP contribution >= 0.6 is 0 Å². The summed E-state index contributed by atoms with van der Waals surface area (Å²) in [6.45, 7) is 1.24. The van der Waals surface area contributed by atoms with E-state index < -0.39 is 12.1 Å². The zero-order chi connectivity index (χ0) is 19.5. The molecule has 0 N–H and O–H groups in total. The zero-order valence-electron chi connectivity index (χ0n) is 16.2. The van der Waals surface area contributed by atoms with Crippen LogP contribution in [0.2, 0.25) is 0 Å². The van der Waals surface area contributed by atoms with Crippen LogP contribution in [0.3, 0.4) is 0 Å². The molecule has 7 nitrogen and oxygen atoms in total. The molecule has 3 heterocycles. The first-order valence-corrected chi connectivity index (χ1v) is 9.71. The first-order valence-electron chi connectivity index (χ1n) is 9.71. The molecule has 0 radical (unpaired) electrons. The fourth-order valence-corrected chi connectivity index (χ4v) is 4.71. The molecule has 1 saturated heterocycles. The number of hydrogen-bond acceptors (Lipinski definition) is 4. The SMILES string of the molecule is CN1C(=O)CO[C@@H](C(=O)N2Cc3ccccc3C3(CC3)C2)[C@@H]1c1cnn(C)c1. The van der Waals surface area contributed by atoms with Crippen LogP contribution in [-0.4, -0.2) is 57.7 Å². The normalized spacial score (nSPS) is 25.7. The number of amides is 2. The lowest BCUT2D eigenvalue weighted by atomic mass is 9.86. The zero-order valence-corrected chi connectivity index (χ0v) is 16.2. The van der Waals surface area contributed by atoms with Crippen molar-refractivity contribution in [1.29, 1.82) is 0 Å². The van der Waals surface area contributed by atoms with Crippen molar-refractivity contribution in [2.75, 3.05) is 20.2 Å². The van der Waals surface area contributed by atoms with Crippen molar-refractivity contribution in [2.24, 2.45) is 7.05 Å². The van der Waals surface area contributed by atoms with E-state index in [0.717, 1.165) is 24.9 Å². The first-order chi connectivity index (χ1) is 13.5. The van der Waals surface area contributed by atoms with Gasteiger partial charge in [0.2, 0.25) is 5.91 Å². The van der Waals surface area contributed by atoms with Crippen molar-refractivity contribution in [1.82, 2.24) is 19.6 Å². The Hall–Kier alpha value is -2.67. The number of carbonyl (C=O) groups excluding carboxylic acids is 2. The van der Waals surface area contributed by atoms with E-state index in [-0.39, 0.29) is 23.8 Å². The summed E-state index contributed by atoms with van der Waals surface area (Å²) in [6, 6.07) is 7.97. The molecule has 2 amide bonds. The lowest BCUT2D eigenvalue weighted by Gasteiger charge is -2.42. The molecule has 1 aromatic heterocycles. The molecule has 3 aliphatic rings. The second kappa shape index (κ2) is 6.17. The monoisotopic (exact) mass is 380 g/mol. The summed E-state index contributed by atoms with van der Waals surface area (Å²) in [4.78, 5) is 29.4. The third-order valence-electron chi connectivity index (χ3n) is 6.40. The van der Waals surface area contributed by atoms with Crippen LogP contribution in [0.4, 0.5) is 0 Å². The smallest absolute Gasteiger partial charge is 0.254 e. The lowest BCUT2D eigenvalue weighted by Crippen LogP contribution is -2.55. The van der Waals surface area contributed by atoms with Gasteiger partial charge in [-0.1, -0.05) is 24.3 Å². The van der Waals surface area contributed by atoms with Crippen LogP contribution in [0.15, 0.2) is 36.7 Å². The summed E-state index contributed by atoms with van der Waals surface area (Å²) in [5.41, 5.74) is 3.53. The van der Waals surface area contributed by atoms with E-state index in [1.807, 2.05) is 24.2 Å². The molecule has 2 aromatic rings. The summed E-state index contributed by atoms with van der Waals surface area (Å²) in [5.74, 6) is -0.172. The van der Waals surface area contributed by atoms with Gasteiger partial charge in [-0.3, -0.25) is 14.3 Å². The maximum Gasteiger partial charge on any atom is 0.254 e. The van der Waals surface area contributed by atoms with Gasteiger partial charge in [-0.25, -0.2) is 0 Å². The largest absolute Gasteiger partial charge is 0.356 e. The van der Waals surface area contributed by atoms with Crippen molar-refractivity contribution in [3.63, 3.8) is 0 Å². The number of benzene rings is 1. The molecule has 146 valence electrons. The second-order valence-corrected chi connectivity index (χ2v) is 8.26. The van der Waals surface area contributed by atoms with Gasteiger partial charge < -0.3 is 14.5 Å². The molecular formula is C21H24N4O3. The summed E-state index contributed by atoms with van der Waals surface area (Å²) < 4.78 is 7.49. The number of nitrogens with zero attached hydrogens (tertiary/aromatic N) is 4. The average molecular weight is 380 g/mol. The highest BCUT2D eigenvalue weighted by Crippen LogP contribution is 2.52. The van der Waals surface area contributed by atoms with E-state index in [1.54, 1.807) is 22.8 Å². The van der Waals surface area contributed by atoms with Crippen molar-refractivity contribution in [3.8, 4) is 0 Å². The molecule has 0 unspecified atom stereocenters. The highest BCUT2D eigenvalue weighted by Gasteiger charge is 2.51. The summed E-state index contributed by atoms with van der Waals surface area (Å²) in [5, 5.41) is 4.22. The van der Waals surface area contributed by atoms with Crippen molar-refractivity contribution in [2.45, 2.75) is 36.9 Å². The number of carbonyl (C=O) groups is 2. The number of hydrogen-bond donors (Lipinski definition) is 0. The van der Waals surface area contributed by atoms with Crippen LogP contribution < -0.4 is 0 Å². The van der Waals surface area contributed by atoms with Crippen LogP contribution in [-0.2, 0) is 33.3 Å². The topological polar surface area (TPSA) is 67.7 Å². The van der Waals surface area contributed by atoms with E-state index in [1.165, 1.54) is 11.1 Å². The minimum atomic E-state index is -0.715. The van der Waals surface area contributed by atoms with Crippen LogP contribution in [0, 0.1) is 0 Å². The molecule has 1 aromatic carbocycles. The molecule has 28 heavy (non-hydrogen) atoms. The Bertz CT molecular complexity index is 949. The van der Waals surface area contributed by atoms with Crippen molar-refractivity contribution in [3.05, 3.63) is 53.3 Å². The number of aryl methyl sites for hydroxylation is 1. The fraction of sp³-hybridized carbons (Fsp3) is 0.476. The van der Waals surface area contributed by atoms with Gasteiger partial charge in [-0.15, -0.1) is 0 Å². The van der Waals surface area contributed by atoms with E-state index in [4.69, 9.17) is 4.74 Å². The molecule has 1 spiro atoms. The number of aromatic nitrogens is 2. The number of morpholine rings is 1. The molecule has 2 atom stereocenters. The number of ether oxygens (including phenoxy) is 1. The lowest BCUT2D eigenvalue weighted by molar-refractivity contribution is -0.168. The van der Waals surface area contributed by atoms with E-state index in [9.17, 15) is 9.59 Å². The number of likely N-dealkylation sites (N-methyl/N-ethyl adjacent to an activating group) is 1. The highest BCUT2D eigenvalue weighted by atomic mass is 16.5. The molecule has 2 fully saturated rings. The summed E-state index contributed by atoms with van der Waals surface area (Å²) >= 11 is 0. The van der Waals surface area contributed by atoms with Gasteiger partial charge in [0.15, 0.2) is 6.10 Å². The van der Waals surface area contributed by atoms with E-state index in [0.29, 0.717) is 6.54 Å². The molecule has 5 rings (SSSR count). The summed E-state index contributed by atoms with van der Waals surface area (Å²) in [7, 11) is 3.56. The fourth-order valence-electron chi connectivity index (χ4n) is 4.71. The van der Waals surface area contributed by atoms with Crippen molar-refractivity contribution < 1.29 is 14.3 Å². The Balaban J connectivity index is 1.46. The second-order valence-electron chi connectivity index (χ2n) is 8.26. The minimum Gasteiger partial charge on any atom is -0.356 e. The van der Waals surface area contributed by atoms with Crippen molar-refractivity contribution >= 4 is 11.8 Å². The number of fused-ring (bicyclic) bond motifs is 2. The van der Waals surface area contributed by atoms with E-state index in [2.05, 4.69) is 23.3 Å². The number of rotatable bonds is 2. The Labute approximate surface area is 163 Å². The van der Waals surface area contributed by atoms with Crippen LogP contribution in [0.1, 0.15) is 35.6 Å². The van der Waals surface area contributed by atoms with Gasteiger partial charge >= 0.3 is 0 Å². The summed E-state index contributed by atoms with van der Waals surface area (Å²) in [6.07, 6.45) is 5.06. The molecular weight excluding hydrogens is 356 g/mol. The molecule has 1 aliphatic carbocycles. The van der Waals surface area contributed by atoms with Gasteiger partial charge in [-0.05, 0) is 24.0 Å². The molecule has 1 saturated carbocycles. The van der Waals surface area contributed by atoms with Gasteiger partial charge in [0.05, 0.1) is 12.2 Å². The standard InChI is InChI=1S/C21H24N4O3/c1-23-10-15(9-22-23)18-19(28-12-17(26)24(18)2)20(27)25-11-14-5-3-4-6-16(14)21(13-25)7-8-21/h3-6,9-10,18-19H,7-8,11-13H2,1-2H3/t18-,19+/m0/s1. The predicted octanol–water partition coefficient (Wildman–Crippen LogP) is 1.39. The van der Waals surface area contributed by atoms with Crippen LogP contribution in [0.5, 0.6) is 0 Å². The third kappa shape index (κ3) is 2.64. The Morgan fingerprint density at radius 2 is 2.04 bits per heavy atom. The molecule has 7 heteroatoms. The highest BCUT2D eigenvalue weighted by molar-refractivity contribution is 5.86. The Morgan fingerprint density at radius 3 is 2.75 bits per heavy atom. The van der Waals surface area contributed by atoms with Gasteiger partial charge in [0.25, 0.3) is 5.91 Å². The Kier molecular flexibility index (Phi) is 3.84. The average Bonchev–Trinajstić information content (AvgIpc) is 3.33. The molecule has 0 bridgehead atoms. The van der Waals surface area contributed by atoms with Gasteiger partial charge in [-0.2, -0.15) is 5.10 Å². The predicted molar refractivity (Wildman–Crippen MR) is 101 cm³/mol. The van der Waals surface area contributed by atoms with Crippen LogP contribution in [0.25, 0.3) is 0 Å². The van der Waals surface area contributed by atoms with Gasteiger partial charge in [0.1, 0.15) is 6.61 Å².